The zero-order valence-electron chi connectivity index (χ0n) is 18.7. The van der Waals surface area contributed by atoms with Crippen molar-refractivity contribution in [3.05, 3.63) is 65.1 Å². The maximum absolute atomic E-state index is 12.4. The van der Waals surface area contributed by atoms with Gasteiger partial charge >= 0.3 is 143 Å². The van der Waals surface area contributed by atoms with E-state index in [0.717, 1.165) is 62.6 Å². The molecule has 7 nitrogen and oxygen atoms in total. The number of benzene rings is 3. The molecular weight excluding hydrogens is 451 g/mol. The molecule has 1 aliphatic rings. The topological polar surface area (TPSA) is 97.2 Å². The first-order chi connectivity index (χ1) is 15.8. The molecule has 0 aliphatic carbocycles. The minimum Gasteiger partial charge on any atom is -0.0121 e. The summed E-state index contributed by atoms with van der Waals surface area (Å²) >= 11 is 2.33. The van der Waals surface area contributed by atoms with Gasteiger partial charge in [-0.25, -0.2) is 0 Å². The summed E-state index contributed by atoms with van der Waals surface area (Å²) in [5, 5.41) is 13.2. The Morgan fingerprint density at radius 1 is 1.06 bits per heavy atom. The smallest absolute Gasteiger partial charge is 0.0121 e. The van der Waals surface area contributed by atoms with Gasteiger partial charge in [0.05, 0.1) is 14.2 Å². The number of rotatable bonds is 4. The molecule has 0 atom stereocenters. The Labute approximate surface area is 213 Å². The fourth-order valence-corrected chi connectivity index (χ4v) is 4.21. The molecule has 3 aromatic rings. The molecule has 9 heteroatoms. The number of hydrogen-bond acceptors (Lipinski definition) is 6. The van der Waals surface area contributed by atoms with Crippen LogP contribution in [0.5, 0.6) is 11.5 Å². The number of carbonyl (C=O) groups is 2. The summed E-state index contributed by atoms with van der Waals surface area (Å²) < 4.78 is 12.2. The van der Waals surface area contributed by atoms with Crippen molar-refractivity contribution in [1.29, 1.82) is 0 Å². The Balaban J connectivity index is 0.000000709. The van der Waals surface area contributed by atoms with Gasteiger partial charge in [-0.05, 0) is 17.5 Å². The van der Waals surface area contributed by atoms with E-state index in [9.17, 15) is 4.79 Å². The summed E-state index contributed by atoms with van der Waals surface area (Å²) in [5.74, 6) is 0.390. The average Bonchev–Trinajstić information content (AvgIpc) is 3.12. The molecule has 0 saturated carbocycles. The number of aliphatic imine (C=N–C) groups is 1. The third-order valence-electron chi connectivity index (χ3n) is 4.61. The molecule has 0 radical (unpaired) electrons. The molecule has 3 aromatic carbocycles. The molecule has 164 valence electrons. The van der Waals surface area contributed by atoms with E-state index in [-0.39, 0.29) is 5.91 Å². The zero-order chi connectivity index (χ0) is 24.0. The molecule has 0 bridgehead atoms. The average molecular weight is 472 g/mol. The fraction of sp³-hybridized carbons (Fsp3) is 0.125. The number of fused-ring (bicyclic) bond motifs is 1. The predicted octanol–water partition coefficient (Wildman–Crippen LogP) is 3.82. The molecule has 0 saturated heterocycles. The number of carbonyl (C=O) groups excluding carboxylic acids is 1. The van der Waals surface area contributed by atoms with Crippen LogP contribution in [0.15, 0.2) is 64.5 Å². The quantitative estimate of drug-likeness (QED) is 0.440. The Hall–Kier alpha value is -2.78. The van der Waals surface area contributed by atoms with Crippen molar-refractivity contribution < 1.29 is 24.2 Å². The van der Waals surface area contributed by atoms with Gasteiger partial charge in [0.25, 0.3) is 5.97 Å². The number of anilines is 1. The number of methoxy groups -OCH3 is 2. The van der Waals surface area contributed by atoms with Crippen molar-refractivity contribution in [2.75, 3.05) is 19.5 Å². The normalized spacial score (nSPS) is 13.9. The molecule has 0 aromatic heterocycles. The monoisotopic (exact) mass is 472 g/mol. The SMILES string of the molecule is CC(=O)O.COc1ccc2cc(OC)c(/C=C3\SC(Nc4cc[c]([Na])cc4)=NC3=O)cc2c1. The first-order valence-corrected chi connectivity index (χ1v) is 11.8. The maximum atomic E-state index is 12.4. The van der Waals surface area contributed by atoms with E-state index in [1.807, 2.05) is 48.5 Å². The van der Waals surface area contributed by atoms with Crippen LogP contribution >= 0.6 is 11.8 Å². The molecule has 1 amide bonds. The van der Waals surface area contributed by atoms with Gasteiger partial charge in [-0.3, -0.25) is 4.79 Å². The van der Waals surface area contributed by atoms with Gasteiger partial charge in [0.1, 0.15) is 5.75 Å². The van der Waals surface area contributed by atoms with Gasteiger partial charge in [0, 0.05) is 6.92 Å². The van der Waals surface area contributed by atoms with Crippen LogP contribution < -0.4 is 17.6 Å². The second-order valence-corrected chi connectivity index (χ2v) is 9.34. The number of carboxylic acids is 1. The number of amides is 1. The van der Waals surface area contributed by atoms with Crippen molar-refractivity contribution in [3.8, 4) is 11.5 Å². The molecule has 33 heavy (non-hydrogen) atoms. The molecule has 4 rings (SSSR count). The third-order valence-corrected chi connectivity index (χ3v) is 6.17. The summed E-state index contributed by atoms with van der Waals surface area (Å²) in [4.78, 5) is 26.1. The molecule has 2 N–H and O–H groups in total. The number of nitrogens with zero attached hydrogens (tertiary/aromatic N) is 1. The number of carboxylic acid groups (broad SMARTS) is 1. The van der Waals surface area contributed by atoms with Crippen LogP contribution in [0.1, 0.15) is 12.5 Å². The number of thioether (sulfide) groups is 1. The summed E-state index contributed by atoms with van der Waals surface area (Å²) in [6.45, 7) is 1.08. The van der Waals surface area contributed by atoms with Crippen molar-refractivity contribution in [3.63, 3.8) is 0 Å². The molecule has 1 heterocycles. The standard InChI is InChI=1S/C22H17N2O3S.C2H4O2.Na/c1-26-18-9-8-14-12-19(27-2)16(10-15(14)11-18)13-20-21(25)24-22(28-20)23-17-6-4-3-5-7-17;1-2(3)4;/h4-13H,1-2H3,(H,23,24,25);1H3,(H,3,4);/b20-13-;;. The van der Waals surface area contributed by atoms with Crippen LogP contribution in [0.3, 0.4) is 0 Å². The van der Waals surface area contributed by atoms with Crippen LogP contribution in [0.4, 0.5) is 5.69 Å². The number of ether oxygens (including phenoxy) is 2. The zero-order valence-corrected chi connectivity index (χ0v) is 21.5. The minimum absolute atomic E-state index is 0.259. The van der Waals surface area contributed by atoms with E-state index in [2.05, 4.69) is 22.4 Å². The Morgan fingerprint density at radius 2 is 1.76 bits per heavy atom. The van der Waals surface area contributed by atoms with Crippen molar-refractivity contribution in [1.82, 2.24) is 0 Å². The van der Waals surface area contributed by atoms with Gasteiger partial charge in [-0.1, -0.05) is 6.07 Å². The van der Waals surface area contributed by atoms with E-state index >= 15 is 0 Å². The van der Waals surface area contributed by atoms with E-state index in [1.54, 1.807) is 14.2 Å². The summed E-state index contributed by atoms with van der Waals surface area (Å²) in [6.07, 6.45) is 1.82. The summed E-state index contributed by atoms with van der Waals surface area (Å²) in [7, 11) is 3.27. The van der Waals surface area contributed by atoms with Crippen molar-refractivity contribution >= 4 is 82.1 Å². The number of amidine groups is 1. The van der Waals surface area contributed by atoms with E-state index < -0.39 is 5.97 Å². The predicted molar refractivity (Wildman–Crippen MR) is 134 cm³/mol. The van der Waals surface area contributed by atoms with Gasteiger partial charge in [0.15, 0.2) is 0 Å². The summed E-state index contributed by atoms with van der Waals surface area (Å²) in [5.41, 5.74) is 1.74. The fourth-order valence-electron chi connectivity index (χ4n) is 3.05. The van der Waals surface area contributed by atoms with Gasteiger partial charge in [-0.15, -0.1) is 0 Å². The van der Waals surface area contributed by atoms with Crippen LogP contribution in [0.2, 0.25) is 0 Å². The second-order valence-electron chi connectivity index (χ2n) is 7.15. The first-order valence-electron chi connectivity index (χ1n) is 10.0. The first kappa shape index (κ1) is 24.9. The number of hydrogen-bond donors (Lipinski definition) is 2. The van der Waals surface area contributed by atoms with Crippen LogP contribution in [-0.2, 0) is 9.59 Å². The third kappa shape index (κ3) is 6.85. The molecule has 0 fully saturated rings. The van der Waals surface area contributed by atoms with Crippen molar-refractivity contribution in [2.45, 2.75) is 6.92 Å². The van der Waals surface area contributed by atoms with E-state index in [4.69, 9.17) is 19.4 Å². The van der Waals surface area contributed by atoms with Crippen LogP contribution in [-0.4, -0.2) is 64.3 Å². The van der Waals surface area contributed by atoms with E-state index in [0.29, 0.717) is 15.8 Å². The number of aliphatic carboxylic acids is 1. The Bertz CT molecular complexity index is 1250. The Morgan fingerprint density at radius 3 is 2.39 bits per heavy atom. The van der Waals surface area contributed by atoms with Crippen LogP contribution in [0.25, 0.3) is 16.8 Å². The summed E-state index contributed by atoms with van der Waals surface area (Å²) in [6, 6.07) is 17.9. The molecular formula is C24H21N2NaO5S. The van der Waals surface area contributed by atoms with Crippen LogP contribution in [0, 0.1) is 0 Å². The number of nitrogens with one attached hydrogen (secondary N) is 1. The minimum atomic E-state index is -0.833. The van der Waals surface area contributed by atoms with Crippen molar-refractivity contribution in [2.24, 2.45) is 4.99 Å². The molecule has 1 aliphatic heterocycles. The molecule has 0 unspecified atom stereocenters. The van der Waals surface area contributed by atoms with Gasteiger partial charge < -0.3 is 9.84 Å². The second kappa shape index (κ2) is 11.4. The van der Waals surface area contributed by atoms with Gasteiger partial charge in [0.2, 0.25) is 0 Å². The Kier molecular flexibility index (Phi) is 8.57. The van der Waals surface area contributed by atoms with Gasteiger partial charge in [-0.2, -0.15) is 0 Å². The van der Waals surface area contributed by atoms with E-state index in [1.165, 1.54) is 14.6 Å². The molecule has 0 spiro atoms.